The highest BCUT2D eigenvalue weighted by Gasteiger charge is 2.32. The van der Waals surface area contributed by atoms with E-state index in [1.807, 2.05) is 46.2 Å². The summed E-state index contributed by atoms with van der Waals surface area (Å²) in [6, 6.07) is 13.1. The van der Waals surface area contributed by atoms with Gasteiger partial charge < -0.3 is 19.4 Å². The van der Waals surface area contributed by atoms with Gasteiger partial charge in [0.2, 0.25) is 5.91 Å². The SMILES string of the molecule is COc1ccc(C2CN(C(=O)c3ccc(Cl)c(N4CCCCC4)c3)CCN2C(C)=O)cc1. The van der Waals surface area contributed by atoms with Crippen LogP contribution in [0.15, 0.2) is 42.5 Å². The second-order valence-electron chi connectivity index (χ2n) is 8.47. The second kappa shape index (κ2) is 9.82. The van der Waals surface area contributed by atoms with Gasteiger partial charge in [0.1, 0.15) is 5.75 Å². The van der Waals surface area contributed by atoms with Crippen molar-refractivity contribution in [2.24, 2.45) is 0 Å². The topological polar surface area (TPSA) is 53.1 Å². The summed E-state index contributed by atoms with van der Waals surface area (Å²) in [6.45, 7) is 4.98. The number of hydrogen-bond donors (Lipinski definition) is 0. The highest BCUT2D eigenvalue weighted by atomic mass is 35.5. The molecular formula is C25H30ClN3O3. The molecule has 2 heterocycles. The van der Waals surface area contributed by atoms with Gasteiger partial charge in [-0.3, -0.25) is 9.59 Å². The number of anilines is 1. The lowest BCUT2D eigenvalue weighted by atomic mass is 10.0. The maximum Gasteiger partial charge on any atom is 0.254 e. The molecule has 0 N–H and O–H groups in total. The predicted molar refractivity (Wildman–Crippen MR) is 127 cm³/mol. The first kappa shape index (κ1) is 22.5. The molecule has 1 unspecified atom stereocenters. The van der Waals surface area contributed by atoms with Gasteiger partial charge in [0.25, 0.3) is 5.91 Å². The first-order chi connectivity index (χ1) is 15.5. The molecule has 4 rings (SSSR count). The van der Waals surface area contributed by atoms with Crippen molar-refractivity contribution in [1.82, 2.24) is 9.80 Å². The lowest BCUT2D eigenvalue weighted by Gasteiger charge is -2.41. The minimum atomic E-state index is -0.190. The molecule has 2 saturated heterocycles. The second-order valence-corrected chi connectivity index (χ2v) is 8.87. The van der Waals surface area contributed by atoms with Crippen molar-refractivity contribution in [3.8, 4) is 5.75 Å². The van der Waals surface area contributed by atoms with Crippen LogP contribution < -0.4 is 9.64 Å². The number of rotatable bonds is 4. The van der Waals surface area contributed by atoms with Crippen LogP contribution in [0.5, 0.6) is 5.75 Å². The standard InChI is InChI=1S/C25H30ClN3O3/c1-18(30)29-15-14-28(17-24(29)19-6-9-21(32-2)10-7-19)25(31)20-8-11-22(26)23(16-20)27-12-4-3-5-13-27/h6-11,16,24H,3-5,12-15,17H2,1-2H3. The molecule has 32 heavy (non-hydrogen) atoms. The molecule has 6 nitrogen and oxygen atoms in total. The Balaban J connectivity index is 1.56. The first-order valence-electron chi connectivity index (χ1n) is 11.2. The van der Waals surface area contributed by atoms with Crippen molar-refractivity contribution < 1.29 is 14.3 Å². The molecule has 2 aliphatic heterocycles. The van der Waals surface area contributed by atoms with Crippen LogP contribution in [0.4, 0.5) is 5.69 Å². The maximum atomic E-state index is 13.4. The average molecular weight is 456 g/mol. The number of methoxy groups -OCH3 is 1. The largest absolute Gasteiger partial charge is 0.497 e. The van der Waals surface area contributed by atoms with Crippen LogP contribution in [-0.4, -0.2) is 61.4 Å². The van der Waals surface area contributed by atoms with E-state index in [4.69, 9.17) is 16.3 Å². The van der Waals surface area contributed by atoms with E-state index in [9.17, 15) is 9.59 Å². The van der Waals surface area contributed by atoms with Crippen molar-refractivity contribution >= 4 is 29.1 Å². The number of amides is 2. The number of ether oxygens (including phenoxy) is 1. The molecule has 7 heteroatoms. The number of nitrogens with zero attached hydrogens (tertiary/aromatic N) is 3. The van der Waals surface area contributed by atoms with Crippen LogP contribution in [0, 0.1) is 0 Å². The van der Waals surface area contributed by atoms with Gasteiger partial charge in [-0.1, -0.05) is 23.7 Å². The summed E-state index contributed by atoms with van der Waals surface area (Å²) in [6.07, 6.45) is 3.52. The van der Waals surface area contributed by atoms with Gasteiger partial charge in [0, 0.05) is 45.2 Å². The Bertz CT molecular complexity index is 973. The lowest BCUT2D eigenvalue weighted by molar-refractivity contribution is -0.133. The summed E-state index contributed by atoms with van der Waals surface area (Å²) >= 11 is 6.48. The third kappa shape index (κ3) is 4.70. The summed E-state index contributed by atoms with van der Waals surface area (Å²) < 4.78 is 5.26. The van der Waals surface area contributed by atoms with Gasteiger partial charge in [-0.05, 0) is 55.2 Å². The van der Waals surface area contributed by atoms with Crippen molar-refractivity contribution in [3.63, 3.8) is 0 Å². The van der Waals surface area contributed by atoms with E-state index in [-0.39, 0.29) is 17.9 Å². The highest BCUT2D eigenvalue weighted by Crippen LogP contribution is 2.32. The summed E-state index contributed by atoms with van der Waals surface area (Å²) in [7, 11) is 1.63. The molecule has 0 radical (unpaired) electrons. The minimum absolute atomic E-state index is 0.0109. The fourth-order valence-electron chi connectivity index (χ4n) is 4.66. The van der Waals surface area contributed by atoms with Crippen LogP contribution in [0.3, 0.4) is 0 Å². The van der Waals surface area contributed by atoms with E-state index < -0.39 is 0 Å². The Morgan fingerprint density at radius 3 is 2.34 bits per heavy atom. The van der Waals surface area contributed by atoms with Gasteiger partial charge in [0.05, 0.1) is 23.9 Å². The fraction of sp³-hybridized carbons (Fsp3) is 0.440. The number of halogens is 1. The van der Waals surface area contributed by atoms with E-state index in [1.54, 1.807) is 20.1 Å². The van der Waals surface area contributed by atoms with Gasteiger partial charge in [-0.2, -0.15) is 0 Å². The number of piperidine rings is 1. The highest BCUT2D eigenvalue weighted by molar-refractivity contribution is 6.33. The van der Waals surface area contributed by atoms with Crippen LogP contribution in [0.25, 0.3) is 0 Å². The Labute approximate surface area is 194 Å². The van der Waals surface area contributed by atoms with E-state index >= 15 is 0 Å². The van der Waals surface area contributed by atoms with Crippen molar-refractivity contribution in [2.75, 3.05) is 44.7 Å². The van der Waals surface area contributed by atoms with Crippen LogP contribution in [0.2, 0.25) is 5.02 Å². The molecule has 2 aromatic carbocycles. The van der Waals surface area contributed by atoms with Gasteiger partial charge >= 0.3 is 0 Å². The zero-order chi connectivity index (χ0) is 22.7. The smallest absolute Gasteiger partial charge is 0.254 e. The fourth-order valence-corrected chi connectivity index (χ4v) is 4.90. The normalized spacial score (nSPS) is 19.1. The van der Waals surface area contributed by atoms with Crippen LogP contribution in [0.1, 0.15) is 48.1 Å². The van der Waals surface area contributed by atoms with Crippen molar-refractivity contribution in [2.45, 2.75) is 32.2 Å². The monoisotopic (exact) mass is 455 g/mol. The summed E-state index contributed by atoms with van der Waals surface area (Å²) in [5.41, 5.74) is 2.56. The summed E-state index contributed by atoms with van der Waals surface area (Å²) in [5, 5.41) is 0.681. The maximum absolute atomic E-state index is 13.4. The van der Waals surface area contributed by atoms with E-state index in [2.05, 4.69) is 4.90 Å². The molecule has 0 saturated carbocycles. The van der Waals surface area contributed by atoms with Gasteiger partial charge in [-0.25, -0.2) is 0 Å². The molecule has 2 amide bonds. The number of carbonyl (C=O) groups is 2. The molecule has 0 aromatic heterocycles. The number of benzene rings is 2. The zero-order valence-corrected chi connectivity index (χ0v) is 19.5. The zero-order valence-electron chi connectivity index (χ0n) is 18.7. The minimum Gasteiger partial charge on any atom is -0.497 e. The van der Waals surface area contributed by atoms with E-state index in [0.717, 1.165) is 42.9 Å². The quantitative estimate of drug-likeness (QED) is 0.686. The molecule has 2 aliphatic rings. The van der Waals surface area contributed by atoms with Crippen molar-refractivity contribution in [1.29, 1.82) is 0 Å². The lowest BCUT2D eigenvalue weighted by Crippen LogP contribution is -2.51. The third-order valence-corrected chi connectivity index (χ3v) is 6.78. The number of carbonyl (C=O) groups excluding carboxylic acids is 2. The summed E-state index contributed by atoms with van der Waals surface area (Å²) in [5.74, 6) is 0.747. The molecule has 170 valence electrons. The molecule has 2 aromatic rings. The molecule has 0 aliphatic carbocycles. The van der Waals surface area contributed by atoms with Gasteiger partial charge in [-0.15, -0.1) is 0 Å². The number of hydrogen-bond acceptors (Lipinski definition) is 4. The Morgan fingerprint density at radius 1 is 0.969 bits per heavy atom. The Kier molecular flexibility index (Phi) is 6.89. The molecule has 1 atom stereocenters. The van der Waals surface area contributed by atoms with Crippen molar-refractivity contribution in [3.05, 3.63) is 58.6 Å². The Hall–Kier alpha value is -2.73. The van der Waals surface area contributed by atoms with Gasteiger partial charge in [0.15, 0.2) is 0 Å². The molecule has 2 fully saturated rings. The number of piperazine rings is 1. The van der Waals surface area contributed by atoms with E-state index in [1.165, 1.54) is 6.42 Å². The molecule has 0 spiro atoms. The average Bonchev–Trinajstić information content (AvgIpc) is 2.84. The Morgan fingerprint density at radius 2 is 1.69 bits per heavy atom. The molecule has 0 bridgehead atoms. The molecular weight excluding hydrogens is 426 g/mol. The van der Waals surface area contributed by atoms with Crippen LogP contribution >= 0.6 is 11.6 Å². The third-order valence-electron chi connectivity index (χ3n) is 6.46. The summed E-state index contributed by atoms with van der Waals surface area (Å²) in [4.78, 5) is 31.7. The predicted octanol–water partition coefficient (Wildman–Crippen LogP) is 4.38. The van der Waals surface area contributed by atoms with E-state index in [0.29, 0.717) is 30.2 Å². The first-order valence-corrected chi connectivity index (χ1v) is 11.6. The van der Waals surface area contributed by atoms with Crippen LogP contribution in [-0.2, 0) is 4.79 Å².